The van der Waals surface area contributed by atoms with E-state index in [4.69, 9.17) is 9.47 Å². The first kappa shape index (κ1) is 23.2. The van der Waals surface area contributed by atoms with Crippen molar-refractivity contribution < 1.29 is 29.3 Å². The second-order valence-corrected chi connectivity index (χ2v) is 6.29. The molecule has 10 nitrogen and oxygen atoms in total. The Hall–Kier alpha value is -4.08. The van der Waals surface area contributed by atoms with Crippen molar-refractivity contribution in [3.05, 3.63) is 47.5 Å². The number of phenols is 2. The van der Waals surface area contributed by atoms with Gasteiger partial charge in [-0.3, -0.25) is 9.59 Å². The zero-order valence-electron chi connectivity index (χ0n) is 17.2. The van der Waals surface area contributed by atoms with Crippen LogP contribution in [0.3, 0.4) is 0 Å². The lowest BCUT2D eigenvalue weighted by atomic mass is 10.2. The predicted octanol–water partition coefficient (Wildman–Crippen LogP) is 1.89. The maximum Gasteiger partial charge on any atom is 0.240 e. The number of hydrogen-bond acceptors (Lipinski definition) is 8. The van der Waals surface area contributed by atoms with Crippen molar-refractivity contribution in [2.75, 3.05) is 14.2 Å². The van der Waals surface area contributed by atoms with Gasteiger partial charge in [0.15, 0.2) is 0 Å². The van der Waals surface area contributed by atoms with E-state index in [1.54, 1.807) is 24.3 Å². The van der Waals surface area contributed by atoms with Crippen molar-refractivity contribution in [1.29, 1.82) is 0 Å². The third kappa shape index (κ3) is 7.69. The highest BCUT2D eigenvalue weighted by Gasteiger charge is 2.05. The molecule has 0 saturated heterocycles. The van der Waals surface area contributed by atoms with Gasteiger partial charge in [-0.05, 0) is 42.8 Å². The van der Waals surface area contributed by atoms with Crippen LogP contribution in [0.2, 0.25) is 0 Å². The van der Waals surface area contributed by atoms with Gasteiger partial charge in [-0.2, -0.15) is 10.2 Å². The van der Waals surface area contributed by atoms with E-state index in [9.17, 15) is 19.8 Å². The van der Waals surface area contributed by atoms with E-state index in [1.807, 2.05) is 0 Å². The number of amides is 2. The lowest BCUT2D eigenvalue weighted by Crippen LogP contribution is -2.20. The van der Waals surface area contributed by atoms with Gasteiger partial charge in [-0.15, -0.1) is 0 Å². The van der Waals surface area contributed by atoms with Crippen LogP contribution in [0.25, 0.3) is 0 Å². The molecule has 10 heteroatoms. The summed E-state index contributed by atoms with van der Waals surface area (Å²) in [6.45, 7) is 0. The molecule has 0 aliphatic carbocycles. The molecule has 31 heavy (non-hydrogen) atoms. The average molecular weight is 428 g/mol. The van der Waals surface area contributed by atoms with Gasteiger partial charge < -0.3 is 19.7 Å². The van der Waals surface area contributed by atoms with Gasteiger partial charge in [0.2, 0.25) is 11.8 Å². The molecule has 2 aromatic carbocycles. The molecule has 4 N–H and O–H groups in total. The van der Waals surface area contributed by atoms with Crippen LogP contribution in [-0.2, 0) is 9.59 Å². The Morgan fingerprint density at radius 2 is 1.26 bits per heavy atom. The lowest BCUT2D eigenvalue weighted by molar-refractivity contribution is -0.122. The third-order valence-electron chi connectivity index (χ3n) is 4.06. The fourth-order valence-electron chi connectivity index (χ4n) is 2.39. The number of benzene rings is 2. The van der Waals surface area contributed by atoms with Gasteiger partial charge in [0.1, 0.15) is 23.0 Å². The van der Waals surface area contributed by atoms with Gasteiger partial charge in [0.05, 0.1) is 26.6 Å². The second kappa shape index (κ2) is 11.8. The number of nitrogens with zero attached hydrogens (tertiary/aromatic N) is 2. The molecule has 0 unspecified atom stereocenters. The molecular weight excluding hydrogens is 404 g/mol. The molecule has 0 aromatic heterocycles. The van der Waals surface area contributed by atoms with Gasteiger partial charge >= 0.3 is 0 Å². The Balaban J connectivity index is 1.71. The fourth-order valence-corrected chi connectivity index (χ4v) is 2.39. The van der Waals surface area contributed by atoms with Crippen LogP contribution in [0.4, 0.5) is 0 Å². The first-order chi connectivity index (χ1) is 14.9. The highest BCUT2D eigenvalue weighted by atomic mass is 16.5. The summed E-state index contributed by atoms with van der Waals surface area (Å²) in [5.74, 6) is 0.325. The Morgan fingerprint density at radius 3 is 1.65 bits per heavy atom. The van der Waals surface area contributed by atoms with Crippen LogP contribution < -0.4 is 20.3 Å². The largest absolute Gasteiger partial charge is 0.507 e. The molecule has 164 valence electrons. The topological polar surface area (TPSA) is 142 Å². The van der Waals surface area contributed by atoms with E-state index in [-0.39, 0.29) is 42.6 Å². The zero-order chi connectivity index (χ0) is 22.6. The maximum atomic E-state index is 11.8. The van der Waals surface area contributed by atoms with Gasteiger partial charge in [-0.1, -0.05) is 0 Å². The van der Waals surface area contributed by atoms with Gasteiger partial charge in [0.25, 0.3) is 0 Å². The number of carbonyl (C=O) groups excluding carboxylic acids is 2. The van der Waals surface area contributed by atoms with Crippen molar-refractivity contribution >= 4 is 24.2 Å². The summed E-state index contributed by atoms with van der Waals surface area (Å²) in [6.07, 6.45) is 3.04. The molecular formula is C21H24N4O6. The van der Waals surface area contributed by atoms with Crippen molar-refractivity contribution in [2.45, 2.75) is 19.3 Å². The minimum absolute atomic E-state index is 0.00158. The molecule has 2 amide bonds. The minimum Gasteiger partial charge on any atom is -0.507 e. The van der Waals surface area contributed by atoms with E-state index in [0.717, 1.165) is 0 Å². The number of nitrogens with one attached hydrogen (secondary N) is 2. The van der Waals surface area contributed by atoms with E-state index >= 15 is 0 Å². The highest BCUT2D eigenvalue weighted by Crippen LogP contribution is 2.21. The van der Waals surface area contributed by atoms with Crippen molar-refractivity contribution in [3.8, 4) is 23.0 Å². The van der Waals surface area contributed by atoms with E-state index < -0.39 is 0 Å². The van der Waals surface area contributed by atoms with Crippen LogP contribution in [0.15, 0.2) is 46.6 Å². The Kier molecular flexibility index (Phi) is 8.84. The molecule has 0 heterocycles. The van der Waals surface area contributed by atoms with E-state index in [2.05, 4.69) is 21.1 Å². The lowest BCUT2D eigenvalue weighted by Gasteiger charge is -2.04. The normalized spacial score (nSPS) is 10.9. The number of carbonyl (C=O) groups is 2. The summed E-state index contributed by atoms with van der Waals surface area (Å²) >= 11 is 0. The van der Waals surface area contributed by atoms with Crippen LogP contribution >= 0.6 is 0 Å². The van der Waals surface area contributed by atoms with Crippen LogP contribution in [-0.4, -0.2) is 48.7 Å². The molecule has 0 fully saturated rings. The van der Waals surface area contributed by atoms with Crippen LogP contribution in [0.1, 0.15) is 30.4 Å². The number of phenolic OH excluding ortho intramolecular Hbond substituents is 2. The van der Waals surface area contributed by atoms with Crippen molar-refractivity contribution in [3.63, 3.8) is 0 Å². The molecule has 0 atom stereocenters. The first-order valence-electron chi connectivity index (χ1n) is 9.30. The Bertz CT molecular complexity index is 897. The Morgan fingerprint density at radius 1 is 0.839 bits per heavy atom. The molecule has 2 rings (SSSR count). The molecule has 0 aliphatic rings. The molecule has 0 radical (unpaired) electrons. The van der Waals surface area contributed by atoms with Gasteiger partial charge in [-0.25, -0.2) is 10.9 Å². The van der Waals surface area contributed by atoms with Crippen molar-refractivity contribution in [1.82, 2.24) is 10.9 Å². The van der Waals surface area contributed by atoms with Crippen molar-refractivity contribution in [2.24, 2.45) is 10.2 Å². The van der Waals surface area contributed by atoms with E-state index in [0.29, 0.717) is 22.6 Å². The SMILES string of the molecule is COc1ccc(O)c(/C=N/NC(=O)CCCC(=O)N/N=C/c2cc(OC)ccc2O)c1. The smallest absolute Gasteiger partial charge is 0.240 e. The maximum absolute atomic E-state index is 11.8. The predicted molar refractivity (Wildman–Crippen MR) is 115 cm³/mol. The average Bonchev–Trinajstić information content (AvgIpc) is 2.76. The molecule has 2 aromatic rings. The number of hydrogen-bond donors (Lipinski definition) is 4. The molecule has 0 saturated carbocycles. The van der Waals surface area contributed by atoms with Crippen LogP contribution in [0, 0.1) is 0 Å². The minimum atomic E-state index is -0.378. The fraction of sp³-hybridized carbons (Fsp3) is 0.238. The Labute approximate surface area is 179 Å². The molecule has 0 bridgehead atoms. The van der Waals surface area contributed by atoms with E-state index in [1.165, 1.54) is 38.8 Å². The summed E-state index contributed by atoms with van der Waals surface area (Å²) in [6, 6.07) is 9.25. The monoisotopic (exact) mass is 428 g/mol. The third-order valence-corrected chi connectivity index (χ3v) is 4.06. The number of rotatable bonds is 10. The van der Waals surface area contributed by atoms with Crippen LogP contribution in [0.5, 0.6) is 23.0 Å². The molecule has 0 aliphatic heterocycles. The summed E-state index contributed by atoms with van der Waals surface area (Å²) in [5, 5.41) is 27.1. The number of hydrazone groups is 2. The summed E-state index contributed by atoms with van der Waals surface area (Å²) in [5.41, 5.74) is 5.43. The summed E-state index contributed by atoms with van der Waals surface area (Å²) in [7, 11) is 3.00. The zero-order valence-corrected chi connectivity index (χ0v) is 17.2. The quantitative estimate of drug-likeness (QED) is 0.336. The standard InChI is InChI=1S/C21H24N4O6/c1-30-16-6-8-18(26)14(10-16)12-22-24-20(28)4-3-5-21(29)25-23-13-15-11-17(31-2)7-9-19(15)27/h6-13,26-27H,3-5H2,1-2H3,(H,24,28)(H,25,29)/b22-12+,23-13+. The second-order valence-electron chi connectivity index (χ2n) is 6.29. The molecule has 0 spiro atoms. The summed E-state index contributed by atoms with van der Waals surface area (Å²) in [4.78, 5) is 23.6. The number of ether oxygens (including phenoxy) is 2. The summed E-state index contributed by atoms with van der Waals surface area (Å²) < 4.78 is 10.1. The number of methoxy groups -OCH3 is 2. The first-order valence-corrected chi connectivity index (χ1v) is 9.30. The van der Waals surface area contributed by atoms with Gasteiger partial charge in [0, 0.05) is 24.0 Å². The highest BCUT2D eigenvalue weighted by molar-refractivity contribution is 5.86. The number of aromatic hydroxyl groups is 2.